The number of likely N-dealkylation sites (tertiary alicyclic amines) is 1. The van der Waals surface area contributed by atoms with Gasteiger partial charge < -0.3 is 4.90 Å². The van der Waals surface area contributed by atoms with Crippen LogP contribution in [0.2, 0.25) is 0 Å². The molecule has 184 valence electrons. The predicted molar refractivity (Wildman–Crippen MR) is 142 cm³/mol. The van der Waals surface area contributed by atoms with Crippen molar-refractivity contribution in [1.82, 2.24) is 4.90 Å². The molecule has 1 aliphatic heterocycles. The van der Waals surface area contributed by atoms with Crippen molar-refractivity contribution in [3.8, 4) is 0 Å². The summed E-state index contributed by atoms with van der Waals surface area (Å²) < 4.78 is 0. The first-order valence-electron chi connectivity index (χ1n) is 14.2. The van der Waals surface area contributed by atoms with Gasteiger partial charge in [0.15, 0.2) is 0 Å². The van der Waals surface area contributed by atoms with Crippen LogP contribution in [0.15, 0.2) is 0 Å². The Bertz CT molecular complexity index is 318. The fraction of sp³-hybridized carbons (Fsp3) is 1.00. The molecule has 0 aromatic rings. The number of hydrogen-bond acceptors (Lipinski definition) is 1. The van der Waals surface area contributed by atoms with Crippen LogP contribution in [0.4, 0.5) is 0 Å². The summed E-state index contributed by atoms with van der Waals surface area (Å²) in [6.07, 6.45) is 18.7. The van der Waals surface area contributed by atoms with Crippen molar-refractivity contribution in [2.75, 3.05) is 19.6 Å². The minimum Gasteiger partial charge on any atom is -0.303 e. The van der Waals surface area contributed by atoms with E-state index >= 15 is 0 Å². The highest BCUT2D eigenvalue weighted by Crippen LogP contribution is 2.51. The number of unbranched alkanes of at least 4 members (excludes halogenated alkanes) is 2. The SMILES string of the molecule is CC.CC.CCC1(CN2CCC3(CCC(C)CC3)CC2)CC1.CCCC.CCCC. The lowest BCUT2D eigenvalue weighted by Gasteiger charge is -2.46. The van der Waals surface area contributed by atoms with E-state index in [2.05, 4.69) is 46.4 Å². The number of hydrogen-bond donors (Lipinski definition) is 0. The van der Waals surface area contributed by atoms with E-state index in [1.54, 1.807) is 0 Å². The molecule has 2 saturated carbocycles. The van der Waals surface area contributed by atoms with Crippen molar-refractivity contribution in [1.29, 1.82) is 0 Å². The van der Waals surface area contributed by atoms with Crippen LogP contribution in [0, 0.1) is 16.7 Å². The molecule has 0 N–H and O–H groups in total. The van der Waals surface area contributed by atoms with Gasteiger partial charge in [0, 0.05) is 6.54 Å². The lowest BCUT2D eigenvalue weighted by atomic mass is 9.66. The molecule has 3 fully saturated rings. The van der Waals surface area contributed by atoms with Gasteiger partial charge in [0.25, 0.3) is 0 Å². The second-order valence-electron chi connectivity index (χ2n) is 9.81. The Morgan fingerprint density at radius 1 is 0.633 bits per heavy atom. The zero-order valence-corrected chi connectivity index (χ0v) is 23.3. The molecule has 0 bridgehead atoms. The minimum absolute atomic E-state index is 0.756. The molecular formula is C29H63N. The summed E-state index contributed by atoms with van der Waals surface area (Å²) in [5.74, 6) is 1.00. The first-order valence-corrected chi connectivity index (χ1v) is 14.2. The van der Waals surface area contributed by atoms with Gasteiger partial charge >= 0.3 is 0 Å². The maximum Gasteiger partial charge on any atom is 0.00379 e. The topological polar surface area (TPSA) is 3.24 Å². The van der Waals surface area contributed by atoms with E-state index in [0.29, 0.717) is 0 Å². The Hall–Kier alpha value is -0.0400. The van der Waals surface area contributed by atoms with Gasteiger partial charge in [-0.15, -0.1) is 0 Å². The van der Waals surface area contributed by atoms with Crippen LogP contribution in [0.25, 0.3) is 0 Å². The predicted octanol–water partition coefficient (Wildman–Crippen LogP) is 10.1. The van der Waals surface area contributed by atoms with Crippen molar-refractivity contribution in [2.24, 2.45) is 16.7 Å². The minimum atomic E-state index is 0.756. The standard InChI is InChI=1S/C17H31N.2C4H10.2C2H6/c1-3-16(8-9-16)14-18-12-10-17(11-13-18)6-4-15(2)5-7-17;2*1-3-4-2;2*1-2/h15H,3-14H2,1-2H3;2*3-4H2,1-2H3;2*1-2H3. The first kappa shape index (κ1) is 32.1. The first-order chi connectivity index (χ1) is 14.5. The molecular weight excluding hydrogens is 362 g/mol. The molecule has 0 aromatic heterocycles. The quantitative estimate of drug-likeness (QED) is 0.423. The van der Waals surface area contributed by atoms with Crippen LogP contribution < -0.4 is 0 Å². The zero-order valence-electron chi connectivity index (χ0n) is 23.3. The maximum atomic E-state index is 2.79. The van der Waals surface area contributed by atoms with Crippen molar-refractivity contribution in [3.05, 3.63) is 0 Å². The van der Waals surface area contributed by atoms with Crippen molar-refractivity contribution < 1.29 is 0 Å². The summed E-state index contributed by atoms with van der Waals surface area (Å²) in [6.45, 7) is 25.8. The third kappa shape index (κ3) is 13.4. The Morgan fingerprint density at radius 3 is 1.33 bits per heavy atom. The van der Waals surface area contributed by atoms with Crippen molar-refractivity contribution >= 4 is 0 Å². The summed E-state index contributed by atoms with van der Waals surface area (Å²) >= 11 is 0. The third-order valence-corrected chi connectivity index (χ3v) is 7.52. The van der Waals surface area contributed by atoms with Crippen LogP contribution in [0.3, 0.4) is 0 Å². The van der Waals surface area contributed by atoms with Crippen LogP contribution in [-0.4, -0.2) is 24.5 Å². The number of piperidine rings is 1. The molecule has 1 spiro atoms. The maximum absolute atomic E-state index is 2.79. The number of rotatable bonds is 5. The van der Waals surface area contributed by atoms with Gasteiger partial charge in [-0.1, -0.05) is 108 Å². The molecule has 0 aromatic carbocycles. The summed E-state index contributed by atoms with van der Waals surface area (Å²) in [6, 6.07) is 0. The van der Waals surface area contributed by atoms with E-state index in [1.165, 1.54) is 103 Å². The van der Waals surface area contributed by atoms with E-state index in [9.17, 15) is 0 Å². The molecule has 0 amide bonds. The smallest absolute Gasteiger partial charge is 0.00379 e. The van der Waals surface area contributed by atoms with Gasteiger partial charge in [-0.05, 0) is 74.8 Å². The van der Waals surface area contributed by atoms with Gasteiger partial charge in [-0.25, -0.2) is 0 Å². The molecule has 1 saturated heterocycles. The second kappa shape index (κ2) is 19.6. The highest BCUT2D eigenvalue weighted by Gasteiger charge is 2.44. The molecule has 1 nitrogen and oxygen atoms in total. The average Bonchev–Trinajstić information content (AvgIpc) is 3.60. The zero-order chi connectivity index (χ0) is 23.5. The Balaban J connectivity index is 0. The summed E-state index contributed by atoms with van der Waals surface area (Å²) in [7, 11) is 0. The van der Waals surface area contributed by atoms with Crippen molar-refractivity contribution in [2.45, 2.75) is 153 Å². The second-order valence-corrected chi connectivity index (χ2v) is 9.81. The summed E-state index contributed by atoms with van der Waals surface area (Å²) in [5.41, 5.74) is 1.53. The molecule has 0 radical (unpaired) electrons. The molecule has 3 rings (SSSR count). The van der Waals surface area contributed by atoms with Gasteiger partial charge in [0.05, 0.1) is 0 Å². The molecule has 0 atom stereocenters. The van der Waals surface area contributed by atoms with E-state index in [-0.39, 0.29) is 0 Å². The average molecular weight is 426 g/mol. The normalized spacial score (nSPS) is 21.4. The van der Waals surface area contributed by atoms with Crippen LogP contribution in [0.1, 0.15) is 153 Å². The number of nitrogens with zero attached hydrogens (tertiary/aromatic N) is 1. The summed E-state index contributed by atoms with van der Waals surface area (Å²) in [5, 5.41) is 0. The van der Waals surface area contributed by atoms with Crippen molar-refractivity contribution in [3.63, 3.8) is 0 Å². The molecule has 2 aliphatic carbocycles. The third-order valence-electron chi connectivity index (χ3n) is 7.52. The highest BCUT2D eigenvalue weighted by atomic mass is 15.1. The Labute approximate surface area is 194 Å². The highest BCUT2D eigenvalue weighted by molar-refractivity contribution is 4.97. The van der Waals surface area contributed by atoms with Crippen LogP contribution >= 0.6 is 0 Å². The van der Waals surface area contributed by atoms with E-state index in [4.69, 9.17) is 0 Å². The lowest BCUT2D eigenvalue weighted by Crippen LogP contribution is -2.43. The lowest BCUT2D eigenvalue weighted by molar-refractivity contribution is 0.0455. The van der Waals surface area contributed by atoms with Crippen LogP contribution in [0.5, 0.6) is 0 Å². The van der Waals surface area contributed by atoms with Gasteiger partial charge in [0.2, 0.25) is 0 Å². The summed E-state index contributed by atoms with van der Waals surface area (Å²) in [4.78, 5) is 2.79. The van der Waals surface area contributed by atoms with Gasteiger partial charge in [-0.3, -0.25) is 0 Å². The monoisotopic (exact) mass is 425 g/mol. The van der Waals surface area contributed by atoms with Crippen LogP contribution in [-0.2, 0) is 0 Å². The van der Waals surface area contributed by atoms with Gasteiger partial charge in [0.1, 0.15) is 0 Å². The molecule has 1 heterocycles. The fourth-order valence-corrected chi connectivity index (χ4v) is 4.33. The fourth-order valence-electron chi connectivity index (χ4n) is 4.33. The Kier molecular flexibility index (Phi) is 21.0. The molecule has 3 aliphatic rings. The Morgan fingerprint density at radius 2 is 1.03 bits per heavy atom. The largest absolute Gasteiger partial charge is 0.303 e. The molecule has 1 heteroatoms. The van der Waals surface area contributed by atoms with E-state index < -0.39 is 0 Å². The van der Waals surface area contributed by atoms with Gasteiger partial charge in [-0.2, -0.15) is 0 Å². The van der Waals surface area contributed by atoms with E-state index in [0.717, 1.165) is 16.7 Å². The molecule has 30 heavy (non-hydrogen) atoms. The molecule has 0 unspecified atom stereocenters. The van der Waals surface area contributed by atoms with E-state index in [1.807, 2.05) is 27.7 Å².